The first-order valence-corrected chi connectivity index (χ1v) is 8.32. The first kappa shape index (κ1) is 14.5. The molecule has 0 N–H and O–H groups in total. The van der Waals surface area contributed by atoms with E-state index in [0.29, 0.717) is 5.57 Å². The largest absolute Gasteiger partial charge is 0.313 e. The lowest BCUT2D eigenvalue weighted by molar-refractivity contribution is -0.113. The molecule has 102 valence electrons. The van der Waals surface area contributed by atoms with E-state index in [0.717, 1.165) is 10.6 Å². The number of rotatable bonds is 5. The summed E-state index contributed by atoms with van der Waals surface area (Å²) < 4.78 is 13.5. The minimum atomic E-state index is -2.85. The van der Waals surface area contributed by atoms with Crippen molar-refractivity contribution in [3.8, 4) is 0 Å². The van der Waals surface area contributed by atoms with Gasteiger partial charge in [0.2, 0.25) is 0 Å². The second kappa shape index (κ2) is 6.02. The van der Waals surface area contributed by atoms with Crippen molar-refractivity contribution in [2.24, 2.45) is 0 Å². The maximum absolute atomic E-state index is 13.5. The van der Waals surface area contributed by atoms with Crippen LogP contribution in [-0.4, -0.2) is 11.9 Å². The minimum Gasteiger partial charge on any atom is -0.313 e. The third-order valence-electron chi connectivity index (χ3n) is 3.26. The average molecular weight is 284 g/mol. The maximum Gasteiger partial charge on any atom is 0.155 e. The Morgan fingerprint density at radius 2 is 1.35 bits per heavy atom. The molecule has 0 radical (unpaired) electrons. The monoisotopic (exact) mass is 284 g/mol. The lowest BCUT2D eigenvalue weighted by Crippen LogP contribution is -2.20. The summed E-state index contributed by atoms with van der Waals surface area (Å²) in [5, 5.41) is 1.52. The van der Waals surface area contributed by atoms with E-state index in [1.807, 2.05) is 60.7 Å². The second-order valence-corrected chi connectivity index (χ2v) is 7.56. The minimum absolute atomic E-state index is 0.114. The number of ketones is 1. The van der Waals surface area contributed by atoms with Gasteiger partial charge in [-0.2, -0.15) is 0 Å². The van der Waals surface area contributed by atoms with E-state index in [-0.39, 0.29) is 11.9 Å². The Morgan fingerprint density at radius 1 is 0.950 bits per heavy atom. The Balaban J connectivity index is 2.53. The molecule has 0 aliphatic heterocycles. The average Bonchev–Trinajstić information content (AvgIpc) is 2.48. The summed E-state index contributed by atoms with van der Waals surface area (Å²) in [6.45, 7) is 5.23. The highest BCUT2D eigenvalue weighted by Crippen LogP contribution is 2.44. The highest BCUT2D eigenvalue weighted by molar-refractivity contribution is 7.78. The van der Waals surface area contributed by atoms with Gasteiger partial charge in [-0.1, -0.05) is 67.2 Å². The van der Waals surface area contributed by atoms with Crippen molar-refractivity contribution in [3.63, 3.8) is 0 Å². The predicted molar refractivity (Wildman–Crippen MR) is 84.4 cm³/mol. The maximum atomic E-state index is 13.5. The zero-order valence-electron chi connectivity index (χ0n) is 11.5. The van der Waals surface area contributed by atoms with Crippen LogP contribution in [0.15, 0.2) is 72.8 Å². The summed E-state index contributed by atoms with van der Waals surface area (Å²) in [6, 6.07) is 18.6. The van der Waals surface area contributed by atoms with Crippen LogP contribution >= 0.6 is 7.14 Å². The molecule has 2 nitrogen and oxygen atoms in total. The molecule has 0 amide bonds. The van der Waals surface area contributed by atoms with Gasteiger partial charge < -0.3 is 4.57 Å². The van der Waals surface area contributed by atoms with Gasteiger partial charge in [-0.3, -0.25) is 4.79 Å². The van der Waals surface area contributed by atoms with E-state index in [2.05, 4.69) is 6.58 Å². The van der Waals surface area contributed by atoms with Gasteiger partial charge >= 0.3 is 0 Å². The third kappa shape index (κ3) is 2.97. The zero-order chi connectivity index (χ0) is 14.6. The summed E-state index contributed by atoms with van der Waals surface area (Å²) in [5.74, 6) is -0.114. The number of allylic oxidation sites excluding steroid dienone is 1. The molecular weight excluding hydrogens is 267 g/mol. The fraction of sp³-hybridized carbons (Fsp3) is 0.118. The molecule has 0 bridgehead atoms. The molecule has 0 fully saturated rings. The number of carbonyl (C=O) groups excluding carboxylic acids is 1. The van der Waals surface area contributed by atoms with Crippen molar-refractivity contribution < 1.29 is 9.36 Å². The Bertz CT molecular complexity index is 616. The molecule has 0 aromatic heterocycles. The molecule has 0 spiro atoms. The van der Waals surface area contributed by atoms with E-state index in [1.54, 1.807) is 0 Å². The van der Waals surface area contributed by atoms with Gasteiger partial charge in [0.1, 0.15) is 7.14 Å². The van der Waals surface area contributed by atoms with Crippen molar-refractivity contribution >= 4 is 23.5 Å². The molecule has 0 heterocycles. The standard InChI is InChI=1S/C17H17O2P/c1-14(15(2)18)13-20(19,16-9-5-3-6-10-16)17-11-7-4-8-12-17/h3-12H,1,13H2,2H3. The van der Waals surface area contributed by atoms with Gasteiger partial charge in [0.25, 0.3) is 0 Å². The van der Waals surface area contributed by atoms with Crippen molar-refractivity contribution in [1.82, 2.24) is 0 Å². The molecule has 2 aromatic rings. The number of carbonyl (C=O) groups is 1. The molecule has 20 heavy (non-hydrogen) atoms. The summed E-state index contributed by atoms with van der Waals surface area (Å²) >= 11 is 0. The zero-order valence-corrected chi connectivity index (χ0v) is 12.3. The van der Waals surface area contributed by atoms with Gasteiger partial charge in [-0.25, -0.2) is 0 Å². The molecule has 0 saturated carbocycles. The Labute approximate surface area is 119 Å². The van der Waals surface area contributed by atoms with Crippen LogP contribution in [0.1, 0.15) is 6.92 Å². The molecule has 0 aliphatic carbocycles. The highest BCUT2D eigenvalue weighted by atomic mass is 31.2. The Morgan fingerprint density at radius 3 is 1.70 bits per heavy atom. The molecule has 0 aliphatic rings. The fourth-order valence-electron chi connectivity index (χ4n) is 2.05. The summed E-state index contributed by atoms with van der Waals surface area (Å²) in [6.07, 6.45) is 0.191. The Kier molecular flexibility index (Phi) is 4.36. The topological polar surface area (TPSA) is 34.1 Å². The van der Waals surface area contributed by atoms with Gasteiger partial charge in [-0.05, 0) is 12.5 Å². The molecule has 3 heteroatoms. The van der Waals surface area contributed by atoms with Crippen LogP contribution in [0.25, 0.3) is 0 Å². The molecule has 2 aromatic carbocycles. The summed E-state index contributed by atoms with van der Waals surface area (Å²) in [7, 11) is -2.85. The van der Waals surface area contributed by atoms with Gasteiger partial charge in [0.15, 0.2) is 5.78 Å². The molecule has 0 unspecified atom stereocenters. The van der Waals surface area contributed by atoms with Crippen LogP contribution in [0, 0.1) is 0 Å². The van der Waals surface area contributed by atoms with E-state index in [1.165, 1.54) is 6.92 Å². The van der Waals surface area contributed by atoms with Crippen molar-refractivity contribution in [1.29, 1.82) is 0 Å². The molecular formula is C17H17O2P. The summed E-state index contributed by atoms with van der Waals surface area (Å²) in [4.78, 5) is 11.5. The Hall–Kier alpha value is -1.92. The van der Waals surface area contributed by atoms with Crippen LogP contribution in [0.5, 0.6) is 0 Å². The van der Waals surface area contributed by atoms with Crippen LogP contribution in [-0.2, 0) is 9.36 Å². The van der Waals surface area contributed by atoms with E-state index >= 15 is 0 Å². The normalized spacial score (nSPS) is 11.1. The van der Waals surface area contributed by atoms with Crippen LogP contribution in [0.3, 0.4) is 0 Å². The number of hydrogen-bond acceptors (Lipinski definition) is 2. The highest BCUT2D eigenvalue weighted by Gasteiger charge is 2.28. The summed E-state index contributed by atoms with van der Waals surface area (Å²) in [5.41, 5.74) is 0.404. The first-order valence-electron chi connectivity index (χ1n) is 6.43. The number of Topliss-reactive ketones (excluding diaryl/α,β-unsaturated/α-hetero) is 1. The molecule has 0 atom stereocenters. The van der Waals surface area contributed by atoms with Gasteiger partial charge in [0, 0.05) is 16.8 Å². The first-order chi connectivity index (χ1) is 9.54. The van der Waals surface area contributed by atoms with Crippen LogP contribution in [0.4, 0.5) is 0 Å². The van der Waals surface area contributed by atoms with E-state index in [9.17, 15) is 9.36 Å². The lowest BCUT2D eigenvalue weighted by atomic mass is 10.2. The van der Waals surface area contributed by atoms with Crippen molar-refractivity contribution in [2.45, 2.75) is 6.92 Å². The number of hydrogen-bond donors (Lipinski definition) is 0. The van der Waals surface area contributed by atoms with Crippen molar-refractivity contribution in [3.05, 3.63) is 72.8 Å². The van der Waals surface area contributed by atoms with Gasteiger partial charge in [-0.15, -0.1) is 0 Å². The van der Waals surface area contributed by atoms with Crippen LogP contribution in [0.2, 0.25) is 0 Å². The van der Waals surface area contributed by atoms with Crippen molar-refractivity contribution in [2.75, 3.05) is 6.16 Å². The fourth-order valence-corrected chi connectivity index (χ4v) is 4.78. The van der Waals surface area contributed by atoms with Gasteiger partial charge in [0.05, 0.1) is 0 Å². The third-order valence-corrected chi connectivity index (χ3v) is 6.35. The van der Waals surface area contributed by atoms with Crippen LogP contribution < -0.4 is 10.6 Å². The molecule has 0 saturated heterocycles. The predicted octanol–water partition coefficient (Wildman–Crippen LogP) is 3.15. The quantitative estimate of drug-likeness (QED) is 0.624. The van der Waals surface area contributed by atoms with E-state index in [4.69, 9.17) is 0 Å². The molecule has 2 rings (SSSR count). The second-order valence-electron chi connectivity index (χ2n) is 4.73. The SMILES string of the molecule is C=C(CP(=O)(c1ccccc1)c1ccccc1)C(C)=O. The lowest BCUT2D eigenvalue weighted by Gasteiger charge is -2.19. The van der Waals surface area contributed by atoms with E-state index < -0.39 is 7.14 Å². The smallest absolute Gasteiger partial charge is 0.155 e. The number of benzene rings is 2.